The van der Waals surface area contributed by atoms with Gasteiger partial charge >= 0.3 is 0 Å². The molecule has 1 aromatic rings. The van der Waals surface area contributed by atoms with Gasteiger partial charge in [-0.3, -0.25) is 0 Å². The molecule has 21 heavy (non-hydrogen) atoms. The van der Waals surface area contributed by atoms with E-state index >= 15 is 0 Å². The highest BCUT2D eigenvalue weighted by atomic mass is 32.2. The summed E-state index contributed by atoms with van der Waals surface area (Å²) in [7, 11) is -1.88. The Morgan fingerprint density at radius 2 is 2.19 bits per heavy atom. The van der Waals surface area contributed by atoms with Crippen LogP contribution in [-0.2, 0) is 10.0 Å². The summed E-state index contributed by atoms with van der Waals surface area (Å²) in [5.41, 5.74) is 0.724. The molecule has 1 atom stereocenters. The average Bonchev–Trinajstić information content (AvgIpc) is 2.97. The van der Waals surface area contributed by atoms with Crippen molar-refractivity contribution in [2.75, 3.05) is 26.7 Å². The molecule has 118 valence electrons. The van der Waals surface area contributed by atoms with Gasteiger partial charge in [0, 0.05) is 19.1 Å². The molecule has 0 amide bonds. The van der Waals surface area contributed by atoms with E-state index in [1.54, 1.807) is 29.6 Å². The summed E-state index contributed by atoms with van der Waals surface area (Å²) >= 11 is 0. The van der Waals surface area contributed by atoms with Gasteiger partial charge in [-0.2, -0.15) is 4.31 Å². The van der Waals surface area contributed by atoms with Crippen LogP contribution in [0.5, 0.6) is 5.75 Å². The minimum atomic E-state index is -3.46. The molecule has 0 saturated carbocycles. The highest BCUT2D eigenvalue weighted by molar-refractivity contribution is 7.89. The van der Waals surface area contributed by atoms with Crippen LogP contribution in [0.25, 0.3) is 0 Å². The predicted octanol–water partition coefficient (Wildman–Crippen LogP) is 1.77. The third-order valence-corrected chi connectivity index (χ3v) is 5.97. The second-order valence-corrected chi connectivity index (χ2v) is 7.25. The third kappa shape index (κ3) is 3.39. The molecule has 0 radical (unpaired) electrons. The first kappa shape index (κ1) is 16.3. The average molecular weight is 312 g/mol. The highest BCUT2D eigenvalue weighted by Crippen LogP contribution is 2.26. The lowest BCUT2D eigenvalue weighted by molar-refractivity contribution is 0.335. The molecule has 1 heterocycles. The Bertz CT molecular complexity index is 581. The SMILES string of the molecule is CCCN(C1CCNC1)S(=O)(=O)c1ccc(OC)cc1C. The Morgan fingerprint density at radius 1 is 1.43 bits per heavy atom. The van der Waals surface area contributed by atoms with Gasteiger partial charge in [0.05, 0.1) is 12.0 Å². The lowest BCUT2D eigenvalue weighted by atomic mass is 10.2. The molecule has 0 spiro atoms. The van der Waals surface area contributed by atoms with Crippen molar-refractivity contribution in [2.45, 2.75) is 37.6 Å². The number of benzene rings is 1. The van der Waals surface area contributed by atoms with E-state index in [1.165, 1.54) is 0 Å². The van der Waals surface area contributed by atoms with Gasteiger partial charge in [-0.1, -0.05) is 6.92 Å². The highest BCUT2D eigenvalue weighted by Gasteiger charge is 2.33. The van der Waals surface area contributed by atoms with Crippen molar-refractivity contribution in [3.05, 3.63) is 23.8 Å². The number of hydrogen-bond donors (Lipinski definition) is 1. The fourth-order valence-corrected chi connectivity index (χ4v) is 4.72. The zero-order valence-corrected chi connectivity index (χ0v) is 13.7. The van der Waals surface area contributed by atoms with Gasteiger partial charge in [-0.15, -0.1) is 0 Å². The van der Waals surface area contributed by atoms with E-state index < -0.39 is 10.0 Å². The molecular formula is C15H24N2O3S. The summed E-state index contributed by atoms with van der Waals surface area (Å²) in [5, 5.41) is 3.24. The number of nitrogens with one attached hydrogen (secondary N) is 1. The normalized spacial score (nSPS) is 19.1. The van der Waals surface area contributed by atoms with E-state index in [9.17, 15) is 8.42 Å². The minimum Gasteiger partial charge on any atom is -0.497 e. The van der Waals surface area contributed by atoms with Crippen LogP contribution >= 0.6 is 0 Å². The summed E-state index contributed by atoms with van der Waals surface area (Å²) in [6.45, 7) is 5.98. The number of hydrogen-bond acceptors (Lipinski definition) is 4. The summed E-state index contributed by atoms with van der Waals surface area (Å²) in [4.78, 5) is 0.378. The monoisotopic (exact) mass is 312 g/mol. The number of aryl methyl sites for hydroxylation is 1. The lowest BCUT2D eigenvalue weighted by Crippen LogP contribution is -2.42. The van der Waals surface area contributed by atoms with Crippen molar-refractivity contribution >= 4 is 10.0 Å². The lowest BCUT2D eigenvalue weighted by Gasteiger charge is -2.28. The second-order valence-electron chi connectivity index (χ2n) is 5.39. The quantitative estimate of drug-likeness (QED) is 0.870. The smallest absolute Gasteiger partial charge is 0.243 e. The third-order valence-electron chi connectivity index (χ3n) is 3.85. The summed E-state index contributed by atoms with van der Waals surface area (Å²) in [5.74, 6) is 0.677. The maximum atomic E-state index is 13.0. The fraction of sp³-hybridized carbons (Fsp3) is 0.600. The van der Waals surface area contributed by atoms with Crippen LogP contribution in [-0.4, -0.2) is 45.5 Å². The molecule has 1 N–H and O–H groups in total. The summed E-state index contributed by atoms with van der Waals surface area (Å²) in [6.07, 6.45) is 1.68. The van der Waals surface area contributed by atoms with Gasteiger partial charge in [0.1, 0.15) is 5.75 Å². The molecule has 2 rings (SSSR count). The maximum Gasteiger partial charge on any atom is 0.243 e. The first-order valence-electron chi connectivity index (χ1n) is 7.38. The van der Waals surface area contributed by atoms with Crippen molar-refractivity contribution in [2.24, 2.45) is 0 Å². The Balaban J connectivity index is 2.37. The van der Waals surface area contributed by atoms with Gasteiger partial charge in [0.2, 0.25) is 10.0 Å². The molecule has 5 nitrogen and oxygen atoms in total. The topological polar surface area (TPSA) is 58.6 Å². The molecule has 1 saturated heterocycles. The number of sulfonamides is 1. The number of ether oxygens (including phenoxy) is 1. The van der Waals surface area contributed by atoms with E-state index in [4.69, 9.17) is 4.74 Å². The molecule has 0 bridgehead atoms. The Labute approximate surface area is 127 Å². The first-order valence-corrected chi connectivity index (χ1v) is 8.82. The zero-order chi connectivity index (χ0) is 15.5. The van der Waals surface area contributed by atoms with Crippen molar-refractivity contribution in [1.82, 2.24) is 9.62 Å². The van der Waals surface area contributed by atoms with Crippen LogP contribution in [0.2, 0.25) is 0 Å². The number of methoxy groups -OCH3 is 1. The molecule has 0 aliphatic carbocycles. The van der Waals surface area contributed by atoms with Crippen molar-refractivity contribution in [3.8, 4) is 5.75 Å². The molecular weight excluding hydrogens is 288 g/mol. The zero-order valence-electron chi connectivity index (χ0n) is 12.9. The molecule has 1 aromatic carbocycles. The van der Waals surface area contributed by atoms with Crippen LogP contribution in [0, 0.1) is 6.92 Å². The van der Waals surface area contributed by atoms with Gasteiger partial charge in [0.15, 0.2) is 0 Å². The molecule has 1 aliphatic rings. The Morgan fingerprint density at radius 3 is 2.71 bits per heavy atom. The standard InChI is InChI=1S/C15H24N2O3S/c1-4-9-17(13-7-8-16-11-13)21(18,19)15-6-5-14(20-3)10-12(15)2/h5-6,10,13,16H,4,7-9,11H2,1-3H3. The number of rotatable bonds is 6. The molecule has 1 aliphatic heterocycles. The van der Waals surface area contributed by atoms with Crippen molar-refractivity contribution in [1.29, 1.82) is 0 Å². The van der Waals surface area contributed by atoms with Crippen LogP contribution in [0.15, 0.2) is 23.1 Å². The maximum absolute atomic E-state index is 13.0. The minimum absolute atomic E-state index is 0.0523. The van der Waals surface area contributed by atoms with Crippen molar-refractivity contribution < 1.29 is 13.2 Å². The van der Waals surface area contributed by atoms with Gasteiger partial charge in [0.25, 0.3) is 0 Å². The van der Waals surface area contributed by atoms with Gasteiger partial charge < -0.3 is 10.1 Å². The largest absolute Gasteiger partial charge is 0.497 e. The summed E-state index contributed by atoms with van der Waals surface area (Å²) in [6, 6.07) is 5.17. The summed E-state index contributed by atoms with van der Waals surface area (Å²) < 4.78 is 32.8. The van der Waals surface area contributed by atoms with E-state index in [0.29, 0.717) is 17.2 Å². The van der Waals surface area contributed by atoms with E-state index in [2.05, 4.69) is 5.32 Å². The van der Waals surface area contributed by atoms with Gasteiger partial charge in [-0.25, -0.2) is 8.42 Å². The predicted molar refractivity (Wildman–Crippen MR) is 83.2 cm³/mol. The van der Waals surface area contributed by atoms with Gasteiger partial charge in [-0.05, 0) is 50.1 Å². The first-order chi connectivity index (χ1) is 10.0. The van der Waals surface area contributed by atoms with E-state index in [0.717, 1.165) is 31.5 Å². The fourth-order valence-electron chi connectivity index (χ4n) is 2.77. The molecule has 6 heteroatoms. The van der Waals surface area contributed by atoms with Crippen LogP contribution in [0.3, 0.4) is 0 Å². The number of nitrogens with zero attached hydrogens (tertiary/aromatic N) is 1. The van der Waals surface area contributed by atoms with Crippen LogP contribution < -0.4 is 10.1 Å². The van der Waals surface area contributed by atoms with E-state index in [1.807, 2.05) is 13.8 Å². The van der Waals surface area contributed by atoms with Crippen LogP contribution in [0.1, 0.15) is 25.3 Å². The van der Waals surface area contributed by atoms with E-state index in [-0.39, 0.29) is 6.04 Å². The molecule has 1 fully saturated rings. The van der Waals surface area contributed by atoms with Crippen LogP contribution in [0.4, 0.5) is 0 Å². The molecule has 1 unspecified atom stereocenters. The van der Waals surface area contributed by atoms with Crippen molar-refractivity contribution in [3.63, 3.8) is 0 Å². The Kier molecular flexibility index (Phi) is 5.24. The Hall–Kier alpha value is -1.11. The molecule has 0 aromatic heterocycles. The second kappa shape index (κ2) is 6.77.